The van der Waals surface area contributed by atoms with Crippen LogP contribution in [-0.4, -0.2) is 58.7 Å². The molecule has 9 heteroatoms. The summed E-state index contributed by atoms with van der Waals surface area (Å²) in [5.41, 5.74) is 3.93. The predicted octanol–water partition coefficient (Wildman–Crippen LogP) is 3.60. The molecule has 1 unspecified atom stereocenters. The molecule has 1 fully saturated rings. The van der Waals surface area contributed by atoms with Gasteiger partial charge in [-0.1, -0.05) is 17.3 Å². The van der Waals surface area contributed by atoms with Gasteiger partial charge in [0.2, 0.25) is 0 Å². The van der Waals surface area contributed by atoms with E-state index in [0.29, 0.717) is 42.5 Å². The van der Waals surface area contributed by atoms with Gasteiger partial charge >= 0.3 is 0 Å². The number of ether oxygens (including phenoxy) is 1. The Bertz CT molecular complexity index is 1090. The number of aromatic nitrogens is 3. The number of aliphatic hydroxyl groups excluding tert-OH is 1. The largest absolute Gasteiger partial charge is 0.491 e. The van der Waals surface area contributed by atoms with Crippen LogP contribution in [0.4, 0.5) is 10.2 Å². The fraction of sp³-hybridized carbons (Fsp3) is 0.458. The molecule has 3 aromatic rings. The second kappa shape index (κ2) is 9.84. The van der Waals surface area contributed by atoms with Crippen molar-refractivity contribution in [2.45, 2.75) is 51.9 Å². The fourth-order valence-corrected chi connectivity index (χ4v) is 3.92. The van der Waals surface area contributed by atoms with Gasteiger partial charge in [-0.2, -0.15) is 0 Å². The molecule has 2 heterocycles. The highest BCUT2D eigenvalue weighted by Crippen LogP contribution is 2.35. The SMILES string of the molecule is CNCC(O)COc1cccc(-c2nc(NC3CC(F)C3)c(C)c(-c3c(C)noc3C)n2)c1. The monoisotopic (exact) mass is 455 g/mol. The number of nitrogens with zero attached hydrogens (tertiary/aromatic N) is 3. The minimum Gasteiger partial charge on any atom is -0.491 e. The number of aryl methyl sites for hydroxylation is 2. The summed E-state index contributed by atoms with van der Waals surface area (Å²) in [4.78, 5) is 9.63. The maximum absolute atomic E-state index is 13.4. The van der Waals surface area contributed by atoms with E-state index in [2.05, 4.69) is 15.8 Å². The Morgan fingerprint density at radius 1 is 1.24 bits per heavy atom. The number of likely N-dealkylation sites (N-methyl/N-ethyl adjacent to an activating group) is 1. The lowest BCUT2D eigenvalue weighted by molar-refractivity contribution is 0.108. The van der Waals surface area contributed by atoms with Gasteiger partial charge in [0.1, 0.15) is 36.2 Å². The van der Waals surface area contributed by atoms with Gasteiger partial charge in [0.25, 0.3) is 0 Å². The number of nitrogens with one attached hydrogen (secondary N) is 2. The van der Waals surface area contributed by atoms with Crippen LogP contribution < -0.4 is 15.4 Å². The van der Waals surface area contributed by atoms with Gasteiger partial charge in [0.05, 0.1) is 17.0 Å². The van der Waals surface area contributed by atoms with Gasteiger partial charge in [-0.25, -0.2) is 14.4 Å². The highest BCUT2D eigenvalue weighted by molar-refractivity contribution is 5.74. The van der Waals surface area contributed by atoms with Crippen molar-refractivity contribution in [1.82, 2.24) is 20.4 Å². The maximum atomic E-state index is 13.4. The van der Waals surface area contributed by atoms with E-state index in [1.807, 2.05) is 45.0 Å². The Balaban J connectivity index is 1.70. The Hall–Kier alpha value is -3.04. The topological polar surface area (TPSA) is 105 Å². The molecule has 1 aliphatic carbocycles. The molecule has 8 nitrogen and oxygen atoms in total. The number of hydrogen-bond acceptors (Lipinski definition) is 8. The first-order valence-electron chi connectivity index (χ1n) is 11.1. The standard InChI is InChI=1S/C24H30FN5O3/c1-13-22(21-14(2)30-33-15(21)3)28-24(29-23(13)27-18-9-17(25)10-18)16-6-5-7-20(8-16)32-12-19(31)11-26-4/h5-8,17-19,26,31H,9-12H2,1-4H3,(H,27,28,29). The van der Waals surface area contributed by atoms with E-state index in [-0.39, 0.29) is 12.6 Å². The zero-order valence-corrected chi connectivity index (χ0v) is 19.4. The Labute approximate surface area is 192 Å². The summed E-state index contributed by atoms with van der Waals surface area (Å²) in [5.74, 6) is 2.46. The molecule has 1 atom stereocenters. The van der Waals surface area contributed by atoms with Crippen LogP contribution in [0.15, 0.2) is 28.8 Å². The molecule has 1 saturated carbocycles. The molecule has 0 saturated heterocycles. The fourth-order valence-electron chi connectivity index (χ4n) is 3.92. The molecule has 0 aliphatic heterocycles. The zero-order chi connectivity index (χ0) is 23.5. The molecule has 0 bridgehead atoms. The van der Waals surface area contributed by atoms with E-state index in [1.165, 1.54) is 0 Å². The van der Waals surface area contributed by atoms with Crippen molar-refractivity contribution >= 4 is 5.82 Å². The summed E-state index contributed by atoms with van der Waals surface area (Å²) >= 11 is 0. The van der Waals surface area contributed by atoms with Gasteiger partial charge in [-0.3, -0.25) is 0 Å². The molecule has 33 heavy (non-hydrogen) atoms. The van der Waals surface area contributed by atoms with Crippen molar-refractivity contribution in [1.29, 1.82) is 0 Å². The van der Waals surface area contributed by atoms with Crippen LogP contribution in [0.1, 0.15) is 29.9 Å². The number of benzene rings is 1. The van der Waals surface area contributed by atoms with E-state index in [0.717, 1.165) is 28.1 Å². The first kappa shape index (κ1) is 23.1. The molecule has 3 N–H and O–H groups in total. The Kier molecular flexibility index (Phi) is 6.90. The van der Waals surface area contributed by atoms with Crippen LogP contribution in [0.25, 0.3) is 22.6 Å². The van der Waals surface area contributed by atoms with Crippen molar-refractivity contribution in [3.05, 3.63) is 41.3 Å². The first-order valence-corrected chi connectivity index (χ1v) is 11.1. The second-order valence-corrected chi connectivity index (χ2v) is 8.53. The predicted molar refractivity (Wildman–Crippen MR) is 124 cm³/mol. The van der Waals surface area contributed by atoms with Crippen LogP contribution in [0.3, 0.4) is 0 Å². The summed E-state index contributed by atoms with van der Waals surface area (Å²) in [5, 5.41) is 20.3. The van der Waals surface area contributed by atoms with Gasteiger partial charge in [0, 0.05) is 23.7 Å². The third-order valence-corrected chi connectivity index (χ3v) is 5.81. The van der Waals surface area contributed by atoms with Crippen molar-refractivity contribution < 1.29 is 18.8 Å². The zero-order valence-electron chi connectivity index (χ0n) is 19.4. The third kappa shape index (κ3) is 5.15. The van der Waals surface area contributed by atoms with E-state index < -0.39 is 12.3 Å². The van der Waals surface area contributed by atoms with Crippen LogP contribution in [0.2, 0.25) is 0 Å². The number of alkyl halides is 1. The minimum absolute atomic E-state index is 0.0438. The summed E-state index contributed by atoms with van der Waals surface area (Å²) in [7, 11) is 1.78. The van der Waals surface area contributed by atoms with Crippen LogP contribution in [-0.2, 0) is 0 Å². The number of rotatable bonds is 9. The van der Waals surface area contributed by atoms with E-state index in [9.17, 15) is 9.50 Å². The molecule has 0 spiro atoms. The van der Waals surface area contributed by atoms with E-state index in [1.54, 1.807) is 7.05 Å². The average molecular weight is 456 g/mol. The van der Waals surface area contributed by atoms with E-state index in [4.69, 9.17) is 19.2 Å². The molecular weight excluding hydrogens is 425 g/mol. The van der Waals surface area contributed by atoms with Gasteiger partial charge in [-0.15, -0.1) is 0 Å². The summed E-state index contributed by atoms with van der Waals surface area (Å²) < 4.78 is 24.6. The molecular formula is C24H30FN5O3. The minimum atomic E-state index is -0.766. The second-order valence-electron chi connectivity index (χ2n) is 8.53. The highest BCUT2D eigenvalue weighted by Gasteiger charge is 2.30. The van der Waals surface area contributed by atoms with Crippen molar-refractivity contribution in [2.24, 2.45) is 0 Å². The lowest BCUT2D eigenvalue weighted by atomic mass is 9.90. The maximum Gasteiger partial charge on any atom is 0.162 e. The number of anilines is 1. The Morgan fingerprint density at radius 3 is 2.70 bits per heavy atom. The van der Waals surface area contributed by atoms with Gasteiger partial charge in [0.15, 0.2) is 5.82 Å². The first-order chi connectivity index (χ1) is 15.9. The molecule has 4 rings (SSSR count). The summed E-state index contributed by atoms with van der Waals surface area (Å²) in [6.45, 7) is 6.29. The molecule has 176 valence electrons. The van der Waals surface area contributed by atoms with Crippen molar-refractivity contribution in [3.8, 4) is 28.4 Å². The quantitative estimate of drug-likeness (QED) is 0.450. The van der Waals surface area contributed by atoms with E-state index >= 15 is 0 Å². The molecule has 1 aromatic carbocycles. The van der Waals surface area contributed by atoms with Crippen LogP contribution in [0, 0.1) is 20.8 Å². The Morgan fingerprint density at radius 2 is 2.03 bits per heavy atom. The highest BCUT2D eigenvalue weighted by atomic mass is 19.1. The number of halogens is 1. The van der Waals surface area contributed by atoms with Crippen LogP contribution in [0.5, 0.6) is 5.75 Å². The summed E-state index contributed by atoms with van der Waals surface area (Å²) in [6, 6.07) is 7.48. The molecule has 2 aromatic heterocycles. The average Bonchev–Trinajstić information content (AvgIpc) is 3.11. The number of hydrogen-bond donors (Lipinski definition) is 3. The number of aliphatic hydroxyl groups is 1. The molecule has 1 aliphatic rings. The van der Waals surface area contributed by atoms with Gasteiger partial charge < -0.3 is 25.0 Å². The van der Waals surface area contributed by atoms with Crippen molar-refractivity contribution in [3.63, 3.8) is 0 Å². The van der Waals surface area contributed by atoms with Crippen molar-refractivity contribution in [2.75, 3.05) is 25.5 Å². The lowest BCUT2D eigenvalue weighted by Gasteiger charge is -2.31. The third-order valence-electron chi connectivity index (χ3n) is 5.81. The van der Waals surface area contributed by atoms with Crippen LogP contribution >= 0.6 is 0 Å². The van der Waals surface area contributed by atoms with Gasteiger partial charge in [-0.05, 0) is 52.8 Å². The smallest absolute Gasteiger partial charge is 0.162 e. The molecule has 0 radical (unpaired) electrons. The normalized spacial score (nSPS) is 18.6. The summed E-state index contributed by atoms with van der Waals surface area (Å²) in [6.07, 6.45) is -0.439. The lowest BCUT2D eigenvalue weighted by Crippen LogP contribution is -2.37. The molecule has 0 amide bonds.